The zero-order valence-electron chi connectivity index (χ0n) is 7.33. The molecular weight excluding hydrogens is 152 g/mol. The molecule has 3 aliphatic carbocycles. The molecule has 1 heterocycles. The molecule has 68 valence electrons. The van der Waals surface area contributed by atoms with Gasteiger partial charge in [0.1, 0.15) is 0 Å². The fraction of sp³-hybridized carbons (Fsp3) is 1.00. The third kappa shape index (κ3) is 0.728. The van der Waals surface area contributed by atoms with E-state index in [9.17, 15) is 5.11 Å². The molecule has 4 bridgehead atoms. The average molecular weight is 168 g/mol. The number of fused-ring (bicyclic) bond motifs is 1. The van der Waals surface area contributed by atoms with Gasteiger partial charge in [0.05, 0.1) is 19.3 Å². The quantitative estimate of drug-likeness (QED) is 0.637. The Bertz CT molecular complexity index is 204. The molecule has 0 aromatic carbocycles. The molecule has 0 amide bonds. The third-order valence-electron chi connectivity index (χ3n) is 4.28. The van der Waals surface area contributed by atoms with Gasteiger partial charge in [-0.25, -0.2) is 0 Å². The van der Waals surface area contributed by atoms with Crippen LogP contribution in [0.4, 0.5) is 0 Å². The fourth-order valence-corrected chi connectivity index (χ4v) is 3.67. The molecule has 4 unspecified atom stereocenters. The molecule has 0 radical (unpaired) electrons. The van der Waals surface area contributed by atoms with Crippen LogP contribution >= 0.6 is 0 Å². The van der Waals surface area contributed by atoms with Gasteiger partial charge in [-0.1, -0.05) is 0 Å². The summed E-state index contributed by atoms with van der Waals surface area (Å²) in [4.78, 5) is 0. The van der Waals surface area contributed by atoms with Crippen LogP contribution in [-0.2, 0) is 4.74 Å². The van der Waals surface area contributed by atoms with Gasteiger partial charge < -0.3 is 9.84 Å². The van der Waals surface area contributed by atoms with E-state index in [1.165, 1.54) is 25.7 Å². The number of aliphatic hydroxyl groups is 1. The van der Waals surface area contributed by atoms with E-state index >= 15 is 0 Å². The SMILES string of the molecule is OCC12COC3CC(CCC31)C2. The van der Waals surface area contributed by atoms with E-state index in [2.05, 4.69) is 0 Å². The number of rotatable bonds is 1. The summed E-state index contributed by atoms with van der Waals surface area (Å²) in [6.45, 7) is 1.18. The smallest absolute Gasteiger partial charge is 0.0613 e. The van der Waals surface area contributed by atoms with Crippen molar-refractivity contribution in [1.29, 1.82) is 0 Å². The fourth-order valence-electron chi connectivity index (χ4n) is 3.67. The van der Waals surface area contributed by atoms with Crippen LogP contribution in [0.5, 0.6) is 0 Å². The molecule has 2 nitrogen and oxygen atoms in total. The Balaban J connectivity index is 1.96. The Hall–Kier alpha value is -0.0800. The zero-order valence-corrected chi connectivity index (χ0v) is 7.33. The van der Waals surface area contributed by atoms with Crippen molar-refractivity contribution in [3.05, 3.63) is 0 Å². The summed E-state index contributed by atoms with van der Waals surface area (Å²) >= 11 is 0. The molecule has 4 aliphatic rings. The minimum Gasteiger partial charge on any atom is -0.396 e. The van der Waals surface area contributed by atoms with Crippen LogP contribution in [0.1, 0.15) is 25.7 Å². The first-order valence-corrected chi connectivity index (χ1v) is 5.06. The Labute approximate surface area is 72.9 Å². The van der Waals surface area contributed by atoms with E-state index in [-0.39, 0.29) is 5.41 Å². The predicted molar refractivity (Wildman–Crippen MR) is 44.7 cm³/mol. The molecule has 12 heavy (non-hydrogen) atoms. The predicted octanol–water partition coefficient (Wildman–Crippen LogP) is 1.18. The lowest BCUT2D eigenvalue weighted by Crippen LogP contribution is -2.46. The first-order valence-electron chi connectivity index (χ1n) is 5.06. The first-order chi connectivity index (χ1) is 5.84. The van der Waals surface area contributed by atoms with Gasteiger partial charge in [-0.05, 0) is 37.5 Å². The Kier molecular flexibility index (Phi) is 1.37. The lowest BCUT2D eigenvalue weighted by molar-refractivity contribution is -0.0162. The van der Waals surface area contributed by atoms with Gasteiger partial charge in [-0.2, -0.15) is 0 Å². The van der Waals surface area contributed by atoms with Gasteiger partial charge in [0.2, 0.25) is 0 Å². The molecule has 0 aromatic heterocycles. The maximum atomic E-state index is 9.41. The van der Waals surface area contributed by atoms with Gasteiger partial charge >= 0.3 is 0 Å². The van der Waals surface area contributed by atoms with Crippen molar-refractivity contribution >= 4 is 0 Å². The first kappa shape index (κ1) is 7.34. The van der Waals surface area contributed by atoms with Crippen LogP contribution in [0.3, 0.4) is 0 Å². The average Bonchev–Trinajstić information content (AvgIpc) is 2.40. The highest BCUT2D eigenvalue weighted by Crippen LogP contribution is 2.57. The van der Waals surface area contributed by atoms with E-state index in [0.717, 1.165) is 12.5 Å². The maximum Gasteiger partial charge on any atom is 0.0613 e. The highest BCUT2D eigenvalue weighted by atomic mass is 16.5. The Morgan fingerprint density at radius 1 is 1.42 bits per heavy atom. The maximum absolute atomic E-state index is 9.41. The van der Waals surface area contributed by atoms with Crippen LogP contribution in [0.15, 0.2) is 0 Å². The highest BCUT2D eigenvalue weighted by molar-refractivity contribution is 5.05. The summed E-state index contributed by atoms with van der Waals surface area (Å²) in [7, 11) is 0. The highest BCUT2D eigenvalue weighted by Gasteiger charge is 2.56. The van der Waals surface area contributed by atoms with Crippen LogP contribution in [-0.4, -0.2) is 24.4 Å². The minimum absolute atomic E-state index is 0.186. The second-order valence-corrected chi connectivity index (χ2v) is 4.86. The van der Waals surface area contributed by atoms with Crippen LogP contribution in [0.25, 0.3) is 0 Å². The zero-order chi connectivity index (χ0) is 8.18. The summed E-state index contributed by atoms with van der Waals surface area (Å²) in [6, 6.07) is 0. The van der Waals surface area contributed by atoms with E-state index < -0.39 is 0 Å². The van der Waals surface area contributed by atoms with Crippen LogP contribution < -0.4 is 0 Å². The summed E-state index contributed by atoms with van der Waals surface area (Å²) in [5.41, 5.74) is 0.186. The summed E-state index contributed by atoms with van der Waals surface area (Å²) in [5, 5.41) is 9.41. The molecule has 4 fully saturated rings. The van der Waals surface area contributed by atoms with Gasteiger partial charge in [0.15, 0.2) is 0 Å². The van der Waals surface area contributed by atoms with Crippen molar-refractivity contribution in [2.75, 3.05) is 13.2 Å². The summed E-state index contributed by atoms with van der Waals surface area (Å²) in [6.07, 6.45) is 5.68. The molecule has 1 N–H and O–H groups in total. The molecule has 2 heteroatoms. The van der Waals surface area contributed by atoms with E-state index in [1.807, 2.05) is 0 Å². The van der Waals surface area contributed by atoms with Gasteiger partial charge in [-0.15, -0.1) is 0 Å². The minimum atomic E-state index is 0.186. The molecule has 0 aromatic rings. The van der Waals surface area contributed by atoms with Crippen molar-refractivity contribution in [3.63, 3.8) is 0 Å². The largest absolute Gasteiger partial charge is 0.396 e. The Morgan fingerprint density at radius 2 is 2.33 bits per heavy atom. The van der Waals surface area contributed by atoms with Crippen molar-refractivity contribution in [1.82, 2.24) is 0 Å². The molecular formula is C10H16O2. The monoisotopic (exact) mass is 168 g/mol. The van der Waals surface area contributed by atoms with E-state index in [4.69, 9.17) is 4.74 Å². The summed E-state index contributed by atoms with van der Waals surface area (Å²) < 4.78 is 5.75. The van der Waals surface area contributed by atoms with Crippen molar-refractivity contribution < 1.29 is 9.84 Å². The van der Waals surface area contributed by atoms with E-state index in [0.29, 0.717) is 18.6 Å². The van der Waals surface area contributed by atoms with Crippen molar-refractivity contribution in [2.24, 2.45) is 17.3 Å². The molecule has 4 rings (SSSR count). The topological polar surface area (TPSA) is 29.5 Å². The van der Waals surface area contributed by atoms with Crippen molar-refractivity contribution in [2.45, 2.75) is 31.8 Å². The Morgan fingerprint density at radius 3 is 3.00 bits per heavy atom. The third-order valence-corrected chi connectivity index (χ3v) is 4.28. The lowest BCUT2D eigenvalue weighted by atomic mass is 9.57. The van der Waals surface area contributed by atoms with Gasteiger partial charge in [-0.3, -0.25) is 0 Å². The van der Waals surface area contributed by atoms with Gasteiger partial charge in [0, 0.05) is 5.41 Å². The molecule has 1 saturated heterocycles. The van der Waals surface area contributed by atoms with Crippen molar-refractivity contribution in [3.8, 4) is 0 Å². The van der Waals surface area contributed by atoms with Crippen LogP contribution in [0.2, 0.25) is 0 Å². The molecule has 1 aliphatic heterocycles. The van der Waals surface area contributed by atoms with Crippen LogP contribution in [0, 0.1) is 17.3 Å². The second kappa shape index (κ2) is 2.24. The molecule has 0 spiro atoms. The second-order valence-electron chi connectivity index (χ2n) is 4.86. The van der Waals surface area contributed by atoms with Gasteiger partial charge in [0.25, 0.3) is 0 Å². The number of aliphatic hydroxyl groups excluding tert-OH is 1. The molecule has 4 atom stereocenters. The number of hydrogen-bond acceptors (Lipinski definition) is 2. The number of hydrogen-bond donors (Lipinski definition) is 1. The number of ether oxygens (including phenoxy) is 1. The van der Waals surface area contributed by atoms with E-state index in [1.54, 1.807) is 0 Å². The summed E-state index contributed by atoms with van der Waals surface area (Å²) in [5.74, 6) is 1.54. The lowest BCUT2D eigenvalue weighted by Gasteiger charge is -2.47. The normalized spacial score (nSPS) is 56.2. The molecule has 3 saturated carbocycles. The standard InChI is InChI=1S/C10H16O2/c11-5-10-4-7-1-2-8(10)9(3-7)12-6-10/h7-9,11H,1-6H2.